The highest BCUT2D eigenvalue weighted by Crippen LogP contribution is 2.38. The zero-order chi connectivity index (χ0) is 14.6. The standard InChI is InChI=1S/C17H19N3O/c1-4-14-17-16-12(7-8-20(17)10(2)18-14)13-9-11(21-3)5-6-15(13)19-16/h5-6,9,19H,4,7-8H2,1-3H3. The summed E-state index contributed by atoms with van der Waals surface area (Å²) in [6.45, 7) is 5.27. The maximum Gasteiger partial charge on any atom is 0.119 e. The first kappa shape index (κ1) is 12.5. The van der Waals surface area contributed by atoms with E-state index in [9.17, 15) is 0 Å². The molecule has 0 saturated carbocycles. The molecule has 0 unspecified atom stereocenters. The third-order valence-corrected chi connectivity index (χ3v) is 4.50. The second-order valence-electron chi connectivity index (χ2n) is 5.60. The summed E-state index contributed by atoms with van der Waals surface area (Å²) in [4.78, 5) is 8.33. The molecule has 0 spiro atoms. The normalized spacial score (nSPS) is 13.3. The predicted molar refractivity (Wildman–Crippen MR) is 83.9 cm³/mol. The van der Waals surface area contributed by atoms with E-state index >= 15 is 0 Å². The predicted octanol–water partition coefficient (Wildman–Crippen LogP) is 3.47. The molecule has 1 aliphatic heterocycles. The van der Waals surface area contributed by atoms with Gasteiger partial charge in [0.05, 0.1) is 24.2 Å². The average Bonchev–Trinajstić information content (AvgIpc) is 3.04. The molecule has 1 N–H and O–H groups in total. The average molecular weight is 281 g/mol. The summed E-state index contributed by atoms with van der Waals surface area (Å²) in [5, 5.41) is 1.27. The molecule has 3 aromatic rings. The van der Waals surface area contributed by atoms with Crippen LogP contribution in [0.1, 0.15) is 24.0 Å². The Hall–Kier alpha value is -2.23. The molecule has 0 radical (unpaired) electrons. The van der Waals surface area contributed by atoms with Crippen LogP contribution in [-0.2, 0) is 19.4 Å². The number of rotatable bonds is 2. The first-order valence-corrected chi connectivity index (χ1v) is 7.48. The zero-order valence-corrected chi connectivity index (χ0v) is 12.7. The second-order valence-corrected chi connectivity index (χ2v) is 5.60. The summed E-state index contributed by atoms with van der Waals surface area (Å²) in [5.74, 6) is 2.03. The van der Waals surface area contributed by atoms with Gasteiger partial charge in [-0.2, -0.15) is 0 Å². The van der Waals surface area contributed by atoms with Crippen LogP contribution in [0.2, 0.25) is 0 Å². The molecule has 0 fully saturated rings. The van der Waals surface area contributed by atoms with Gasteiger partial charge in [0.1, 0.15) is 11.6 Å². The van der Waals surface area contributed by atoms with Gasteiger partial charge in [-0.15, -0.1) is 0 Å². The highest BCUT2D eigenvalue weighted by atomic mass is 16.5. The summed E-state index contributed by atoms with van der Waals surface area (Å²) in [7, 11) is 1.72. The number of hydrogen-bond acceptors (Lipinski definition) is 2. The molecule has 108 valence electrons. The Bertz CT molecular complexity index is 841. The lowest BCUT2D eigenvalue weighted by Crippen LogP contribution is -2.11. The Morgan fingerprint density at radius 1 is 1.38 bits per heavy atom. The zero-order valence-electron chi connectivity index (χ0n) is 12.7. The topological polar surface area (TPSA) is 42.8 Å². The number of aryl methyl sites for hydroxylation is 3. The SMILES string of the molecule is CCc1nc(C)n2c1-c1[nH]c3ccc(OC)cc3c1CC2. The van der Waals surface area contributed by atoms with Gasteiger partial charge in [0.15, 0.2) is 0 Å². The largest absolute Gasteiger partial charge is 0.497 e. The number of nitrogens with one attached hydrogen (secondary N) is 1. The molecule has 2 aromatic heterocycles. The van der Waals surface area contributed by atoms with Gasteiger partial charge in [-0.25, -0.2) is 4.98 Å². The lowest BCUT2D eigenvalue weighted by atomic mass is 10.0. The third kappa shape index (κ3) is 1.65. The lowest BCUT2D eigenvalue weighted by molar-refractivity contribution is 0.415. The van der Waals surface area contributed by atoms with Crippen LogP contribution in [0.3, 0.4) is 0 Å². The van der Waals surface area contributed by atoms with Crippen LogP contribution in [0.5, 0.6) is 5.75 Å². The first-order chi connectivity index (χ1) is 10.2. The van der Waals surface area contributed by atoms with Gasteiger partial charge in [-0.3, -0.25) is 0 Å². The van der Waals surface area contributed by atoms with Gasteiger partial charge in [0.2, 0.25) is 0 Å². The number of hydrogen-bond donors (Lipinski definition) is 1. The molecule has 1 aliphatic rings. The number of nitrogens with zero attached hydrogens (tertiary/aromatic N) is 2. The minimum atomic E-state index is 0.912. The minimum absolute atomic E-state index is 0.912. The summed E-state index contributed by atoms with van der Waals surface area (Å²) in [6, 6.07) is 6.24. The van der Waals surface area contributed by atoms with E-state index in [1.54, 1.807) is 7.11 Å². The van der Waals surface area contributed by atoms with Crippen molar-refractivity contribution in [3.8, 4) is 17.1 Å². The van der Waals surface area contributed by atoms with E-state index in [0.29, 0.717) is 0 Å². The van der Waals surface area contributed by atoms with E-state index in [2.05, 4.69) is 35.5 Å². The number of aromatic amines is 1. The van der Waals surface area contributed by atoms with Crippen LogP contribution < -0.4 is 4.74 Å². The van der Waals surface area contributed by atoms with Crippen LogP contribution >= 0.6 is 0 Å². The summed E-state index contributed by atoms with van der Waals surface area (Å²) in [5.41, 5.74) is 6.27. The van der Waals surface area contributed by atoms with Crippen molar-refractivity contribution in [1.29, 1.82) is 0 Å². The van der Waals surface area contributed by atoms with E-state index in [1.165, 1.54) is 33.5 Å². The summed E-state index contributed by atoms with van der Waals surface area (Å²) in [6.07, 6.45) is 2.00. The molecule has 3 heterocycles. The molecule has 4 rings (SSSR count). The molecule has 0 aliphatic carbocycles. The highest BCUT2D eigenvalue weighted by molar-refractivity contribution is 5.92. The molecule has 4 nitrogen and oxygen atoms in total. The highest BCUT2D eigenvalue weighted by Gasteiger charge is 2.25. The molecule has 0 bridgehead atoms. The quantitative estimate of drug-likeness (QED) is 0.781. The van der Waals surface area contributed by atoms with Crippen molar-refractivity contribution >= 4 is 10.9 Å². The van der Waals surface area contributed by atoms with Gasteiger partial charge >= 0.3 is 0 Å². The van der Waals surface area contributed by atoms with Gasteiger partial charge in [-0.05, 0) is 43.5 Å². The van der Waals surface area contributed by atoms with Crippen molar-refractivity contribution in [2.75, 3.05) is 7.11 Å². The fraction of sp³-hybridized carbons (Fsp3) is 0.353. The van der Waals surface area contributed by atoms with Crippen LogP contribution in [-0.4, -0.2) is 21.6 Å². The Kier molecular flexibility index (Phi) is 2.61. The van der Waals surface area contributed by atoms with Gasteiger partial charge < -0.3 is 14.3 Å². The first-order valence-electron chi connectivity index (χ1n) is 7.48. The van der Waals surface area contributed by atoms with Crippen LogP contribution in [0.4, 0.5) is 0 Å². The van der Waals surface area contributed by atoms with Crippen LogP contribution in [0, 0.1) is 6.92 Å². The van der Waals surface area contributed by atoms with Crippen molar-refractivity contribution < 1.29 is 4.74 Å². The number of imidazole rings is 1. The second kappa shape index (κ2) is 4.38. The number of methoxy groups -OCH3 is 1. The minimum Gasteiger partial charge on any atom is -0.497 e. The molecule has 0 amide bonds. The van der Waals surface area contributed by atoms with Crippen molar-refractivity contribution in [3.05, 3.63) is 35.3 Å². The van der Waals surface area contributed by atoms with Gasteiger partial charge in [0.25, 0.3) is 0 Å². The molecule has 0 saturated heterocycles. The summed E-state index contributed by atoms with van der Waals surface area (Å²) < 4.78 is 7.71. The van der Waals surface area contributed by atoms with E-state index < -0.39 is 0 Å². The van der Waals surface area contributed by atoms with Crippen molar-refractivity contribution in [1.82, 2.24) is 14.5 Å². The molecular weight excluding hydrogens is 262 g/mol. The maximum absolute atomic E-state index is 5.37. The van der Waals surface area contributed by atoms with Crippen molar-refractivity contribution in [2.24, 2.45) is 0 Å². The van der Waals surface area contributed by atoms with Crippen molar-refractivity contribution in [3.63, 3.8) is 0 Å². The van der Waals surface area contributed by atoms with Crippen molar-refractivity contribution in [2.45, 2.75) is 33.2 Å². The number of H-pyrrole nitrogens is 1. The number of aromatic nitrogens is 3. The smallest absolute Gasteiger partial charge is 0.119 e. The van der Waals surface area contributed by atoms with E-state index in [1.807, 2.05) is 6.07 Å². The van der Waals surface area contributed by atoms with Gasteiger partial charge in [-0.1, -0.05) is 6.92 Å². The van der Waals surface area contributed by atoms with Crippen LogP contribution in [0.15, 0.2) is 18.2 Å². The molecular formula is C17H19N3O. The number of ether oxygens (including phenoxy) is 1. The number of benzene rings is 1. The monoisotopic (exact) mass is 281 g/mol. The van der Waals surface area contributed by atoms with E-state index in [-0.39, 0.29) is 0 Å². The van der Waals surface area contributed by atoms with E-state index in [4.69, 9.17) is 9.72 Å². The third-order valence-electron chi connectivity index (χ3n) is 4.50. The molecule has 1 aromatic carbocycles. The Morgan fingerprint density at radius 2 is 2.24 bits per heavy atom. The summed E-state index contributed by atoms with van der Waals surface area (Å²) >= 11 is 0. The molecule has 4 heteroatoms. The van der Waals surface area contributed by atoms with E-state index in [0.717, 1.165) is 31.0 Å². The lowest BCUT2D eigenvalue weighted by Gasteiger charge is -2.17. The maximum atomic E-state index is 5.37. The van der Waals surface area contributed by atoms with Gasteiger partial charge in [0, 0.05) is 17.4 Å². The fourth-order valence-electron chi connectivity index (χ4n) is 3.46. The number of fused-ring (bicyclic) bond motifs is 5. The Morgan fingerprint density at radius 3 is 3.00 bits per heavy atom. The molecule has 0 atom stereocenters. The Balaban J connectivity index is 2.02. The molecule has 21 heavy (non-hydrogen) atoms. The van der Waals surface area contributed by atoms with Crippen LogP contribution in [0.25, 0.3) is 22.3 Å². The Labute approximate surface area is 123 Å². The fourth-order valence-corrected chi connectivity index (χ4v) is 3.46.